The smallest absolute Gasteiger partial charge is 0.101 e. The van der Waals surface area contributed by atoms with Gasteiger partial charge in [0.05, 0.1) is 12.3 Å². The van der Waals surface area contributed by atoms with Gasteiger partial charge in [-0.05, 0) is 43.5 Å². The predicted molar refractivity (Wildman–Crippen MR) is 65.4 cm³/mol. The van der Waals surface area contributed by atoms with E-state index in [9.17, 15) is 0 Å². The normalized spacial score (nSPS) is 12.8. The standard InChI is InChI=1S/C14H17NO/c1-9-4-5-12(6-10(9)2)14(15)13-7-11(3)16-8-13/h4-8,14H,15H2,1-3H3. The highest BCUT2D eigenvalue weighted by Gasteiger charge is 2.11. The summed E-state index contributed by atoms with van der Waals surface area (Å²) >= 11 is 0. The van der Waals surface area contributed by atoms with Crippen molar-refractivity contribution in [1.29, 1.82) is 0 Å². The molecule has 2 heteroatoms. The Kier molecular flexibility index (Phi) is 2.84. The van der Waals surface area contributed by atoms with E-state index in [1.165, 1.54) is 11.1 Å². The predicted octanol–water partition coefficient (Wildman–Crippen LogP) is 3.25. The summed E-state index contributed by atoms with van der Waals surface area (Å²) in [5, 5.41) is 0. The van der Waals surface area contributed by atoms with Crippen LogP contribution in [0, 0.1) is 20.8 Å². The molecule has 1 unspecified atom stereocenters. The minimum absolute atomic E-state index is 0.100. The summed E-state index contributed by atoms with van der Waals surface area (Å²) in [5.41, 5.74) is 10.9. The van der Waals surface area contributed by atoms with Crippen LogP contribution in [-0.2, 0) is 0 Å². The van der Waals surface area contributed by atoms with Gasteiger partial charge in [0, 0.05) is 5.56 Å². The van der Waals surface area contributed by atoms with Gasteiger partial charge < -0.3 is 10.2 Å². The molecule has 0 radical (unpaired) electrons. The Morgan fingerprint density at radius 3 is 2.31 bits per heavy atom. The quantitative estimate of drug-likeness (QED) is 0.835. The average molecular weight is 215 g/mol. The van der Waals surface area contributed by atoms with E-state index < -0.39 is 0 Å². The molecule has 1 aromatic carbocycles. The van der Waals surface area contributed by atoms with Crippen molar-refractivity contribution in [3.63, 3.8) is 0 Å². The highest BCUT2D eigenvalue weighted by Crippen LogP contribution is 2.23. The largest absolute Gasteiger partial charge is 0.469 e. The van der Waals surface area contributed by atoms with Crippen LogP contribution >= 0.6 is 0 Å². The van der Waals surface area contributed by atoms with Crippen LogP contribution in [0.4, 0.5) is 0 Å². The Balaban J connectivity index is 2.33. The number of nitrogens with two attached hydrogens (primary N) is 1. The van der Waals surface area contributed by atoms with Gasteiger partial charge in [0.25, 0.3) is 0 Å². The van der Waals surface area contributed by atoms with Crippen molar-refractivity contribution in [2.24, 2.45) is 5.73 Å². The number of aryl methyl sites for hydroxylation is 3. The lowest BCUT2D eigenvalue weighted by Crippen LogP contribution is -2.11. The van der Waals surface area contributed by atoms with Crippen molar-refractivity contribution in [2.45, 2.75) is 26.8 Å². The Morgan fingerprint density at radius 1 is 1.00 bits per heavy atom. The third kappa shape index (κ3) is 2.02. The lowest BCUT2D eigenvalue weighted by molar-refractivity contribution is 0.530. The Morgan fingerprint density at radius 2 is 1.75 bits per heavy atom. The van der Waals surface area contributed by atoms with Gasteiger partial charge in [0.15, 0.2) is 0 Å². The molecule has 0 fully saturated rings. The zero-order chi connectivity index (χ0) is 11.7. The van der Waals surface area contributed by atoms with Gasteiger partial charge in [-0.25, -0.2) is 0 Å². The fourth-order valence-electron chi connectivity index (χ4n) is 1.78. The highest BCUT2D eigenvalue weighted by molar-refractivity contribution is 5.36. The number of rotatable bonds is 2. The first-order valence-corrected chi connectivity index (χ1v) is 5.45. The van der Waals surface area contributed by atoms with Gasteiger partial charge in [-0.15, -0.1) is 0 Å². The maximum Gasteiger partial charge on any atom is 0.101 e. The first-order chi connectivity index (χ1) is 7.58. The van der Waals surface area contributed by atoms with Gasteiger partial charge in [-0.3, -0.25) is 0 Å². The molecule has 1 aromatic heterocycles. The van der Waals surface area contributed by atoms with E-state index in [1.807, 2.05) is 13.0 Å². The lowest BCUT2D eigenvalue weighted by atomic mass is 9.98. The third-order valence-corrected chi connectivity index (χ3v) is 3.00. The summed E-state index contributed by atoms with van der Waals surface area (Å²) < 4.78 is 5.28. The highest BCUT2D eigenvalue weighted by atomic mass is 16.3. The molecule has 2 rings (SSSR count). The molecule has 0 amide bonds. The van der Waals surface area contributed by atoms with Crippen LogP contribution in [0.2, 0.25) is 0 Å². The minimum atomic E-state index is -0.100. The number of benzene rings is 1. The maximum atomic E-state index is 6.19. The molecule has 16 heavy (non-hydrogen) atoms. The van der Waals surface area contributed by atoms with Crippen molar-refractivity contribution >= 4 is 0 Å². The van der Waals surface area contributed by atoms with Gasteiger partial charge >= 0.3 is 0 Å². The lowest BCUT2D eigenvalue weighted by Gasteiger charge is -2.11. The van der Waals surface area contributed by atoms with E-state index >= 15 is 0 Å². The summed E-state index contributed by atoms with van der Waals surface area (Å²) in [7, 11) is 0. The molecular weight excluding hydrogens is 198 g/mol. The molecule has 0 saturated carbocycles. The number of hydrogen-bond donors (Lipinski definition) is 1. The van der Waals surface area contributed by atoms with Crippen LogP contribution in [0.25, 0.3) is 0 Å². The van der Waals surface area contributed by atoms with Crippen molar-refractivity contribution < 1.29 is 4.42 Å². The first-order valence-electron chi connectivity index (χ1n) is 5.45. The van der Waals surface area contributed by atoms with E-state index in [0.717, 1.165) is 16.9 Å². The fourth-order valence-corrected chi connectivity index (χ4v) is 1.78. The van der Waals surface area contributed by atoms with Gasteiger partial charge in [-0.2, -0.15) is 0 Å². The molecular formula is C14H17NO. The Labute approximate surface area is 96.1 Å². The van der Waals surface area contributed by atoms with E-state index in [1.54, 1.807) is 6.26 Å². The summed E-state index contributed by atoms with van der Waals surface area (Å²) in [5.74, 6) is 0.897. The Hall–Kier alpha value is -1.54. The second-order valence-corrected chi connectivity index (χ2v) is 4.31. The molecule has 0 spiro atoms. The Bertz CT molecular complexity index is 499. The molecule has 2 nitrogen and oxygen atoms in total. The second kappa shape index (κ2) is 4.14. The minimum Gasteiger partial charge on any atom is -0.469 e. The SMILES string of the molecule is Cc1cc(C(N)c2ccc(C)c(C)c2)co1. The summed E-state index contributed by atoms with van der Waals surface area (Å²) in [6, 6.07) is 8.21. The molecule has 0 bridgehead atoms. The van der Waals surface area contributed by atoms with Gasteiger partial charge in [0.1, 0.15) is 5.76 Å². The molecule has 0 aliphatic heterocycles. The van der Waals surface area contributed by atoms with Gasteiger partial charge in [0.2, 0.25) is 0 Å². The molecule has 2 aromatic rings. The van der Waals surface area contributed by atoms with Crippen LogP contribution in [-0.4, -0.2) is 0 Å². The zero-order valence-corrected chi connectivity index (χ0v) is 9.95. The topological polar surface area (TPSA) is 39.2 Å². The van der Waals surface area contributed by atoms with E-state index in [0.29, 0.717) is 0 Å². The fraction of sp³-hybridized carbons (Fsp3) is 0.286. The van der Waals surface area contributed by atoms with Gasteiger partial charge in [-0.1, -0.05) is 18.2 Å². The van der Waals surface area contributed by atoms with Crippen molar-refractivity contribution in [3.8, 4) is 0 Å². The van der Waals surface area contributed by atoms with Crippen LogP contribution in [0.5, 0.6) is 0 Å². The summed E-state index contributed by atoms with van der Waals surface area (Å²) in [6.45, 7) is 6.13. The van der Waals surface area contributed by atoms with Crippen LogP contribution in [0.15, 0.2) is 34.9 Å². The third-order valence-electron chi connectivity index (χ3n) is 3.00. The van der Waals surface area contributed by atoms with E-state index in [2.05, 4.69) is 32.0 Å². The van der Waals surface area contributed by atoms with Crippen molar-refractivity contribution in [1.82, 2.24) is 0 Å². The zero-order valence-electron chi connectivity index (χ0n) is 9.95. The second-order valence-electron chi connectivity index (χ2n) is 4.31. The molecule has 84 valence electrons. The first kappa shape index (κ1) is 11.0. The monoisotopic (exact) mass is 215 g/mol. The van der Waals surface area contributed by atoms with E-state index in [-0.39, 0.29) is 6.04 Å². The van der Waals surface area contributed by atoms with Crippen LogP contribution < -0.4 is 5.73 Å². The summed E-state index contributed by atoms with van der Waals surface area (Å²) in [4.78, 5) is 0. The molecule has 1 heterocycles. The van der Waals surface area contributed by atoms with Crippen LogP contribution in [0.1, 0.15) is 34.1 Å². The average Bonchev–Trinajstić information content (AvgIpc) is 2.68. The number of hydrogen-bond acceptors (Lipinski definition) is 2. The van der Waals surface area contributed by atoms with Crippen LogP contribution in [0.3, 0.4) is 0 Å². The molecule has 0 aliphatic rings. The maximum absolute atomic E-state index is 6.19. The molecule has 0 aliphatic carbocycles. The summed E-state index contributed by atoms with van der Waals surface area (Å²) in [6.07, 6.45) is 1.73. The van der Waals surface area contributed by atoms with E-state index in [4.69, 9.17) is 10.2 Å². The number of furan rings is 1. The molecule has 2 N–H and O–H groups in total. The van der Waals surface area contributed by atoms with Crippen molar-refractivity contribution in [3.05, 3.63) is 58.5 Å². The molecule has 1 atom stereocenters. The van der Waals surface area contributed by atoms with Crippen molar-refractivity contribution in [2.75, 3.05) is 0 Å². The molecule has 0 saturated heterocycles.